The van der Waals surface area contributed by atoms with Crippen LogP contribution in [0.4, 0.5) is 18.9 Å². The molecule has 0 radical (unpaired) electrons. The number of guanidine groups is 1. The van der Waals surface area contributed by atoms with Gasteiger partial charge in [-0.05, 0) is 36.4 Å². The van der Waals surface area contributed by atoms with Gasteiger partial charge in [-0.2, -0.15) is 13.2 Å². The molecular formula is C20H20F3N3O2. The molecule has 0 aliphatic rings. The van der Waals surface area contributed by atoms with Crippen LogP contribution in [0.2, 0.25) is 0 Å². The molecule has 2 N–H and O–H groups in total. The Morgan fingerprint density at radius 1 is 1.04 bits per heavy atom. The second kappa shape index (κ2) is 9.55. The fraction of sp³-hybridized carbons (Fsp3) is 0.250. The zero-order valence-corrected chi connectivity index (χ0v) is 15.6. The Labute approximate surface area is 161 Å². The van der Waals surface area contributed by atoms with E-state index in [-0.39, 0.29) is 6.54 Å². The first-order valence-electron chi connectivity index (χ1n) is 8.23. The molecule has 0 amide bonds. The molecule has 0 saturated carbocycles. The monoisotopic (exact) mass is 391 g/mol. The summed E-state index contributed by atoms with van der Waals surface area (Å²) < 4.78 is 48.1. The van der Waals surface area contributed by atoms with Gasteiger partial charge in [-0.25, -0.2) is 0 Å². The van der Waals surface area contributed by atoms with Crippen molar-refractivity contribution in [2.45, 2.75) is 6.18 Å². The number of nitrogens with zero attached hydrogens (tertiary/aromatic N) is 1. The minimum absolute atomic E-state index is 0.258. The third-order valence-electron chi connectivity index (χ3n) is 3.66. The number of rotatable bonds is 4. The number of alkyl halides is 3. The highest BCUT2D eigenvalue weighted by atomic mass is 19.4. The molecule has 28 heavy (non-hydrogen) atoms. The molecular weight excluding hydrogens is 371 g/mol. The van der Waals surface area contributed by atoms with E-state index in [1.165, 1.54) is 12.1 Å². The maximum absolute atomic E-state index is 12.5. The third-order valence-corrected chi connectivity index (χ3v) is 3.66. The molecule has 2 rings (SSSR count). The van der Waals surface area contributed by atoms with Crippen molar-refractivity contribution in [1.29, 1.82) is 0 Å². The van der Waals surface area contributed by atoms with Crippen LogP contribution in [-0.2, 0) is 6.18 Å². The summed E-state index contributed by atoms with van der Waals surface area (Å²) in [5.74, 6) is 7.31. The van der Waals surface area contributed by atoms with Crippen LogP contribution in [0, 0.1) is 11.8 Å². The van der Waals surface area contributed by atoms with Crippen molar-refractivity contribution >= 4 is 11.6 Å². The summed E-state index contributed by atoms with van der Waals surface area (Å²) in [6, 6.07) is 10.0. The molecule has 0 unspecified atom stereocenters. The maximum Gasteiger partial charge on any atom is 0.416 e. The number of aliphatic imine (C=N–C) groups is 1. The lowest BCUT2D eigenvalue weighted by Crippen LogP contribution is -2.30. The molecule has 0 fully saturated rings. The van der Waals surface area contributed by atoms with Gasteiger partial charge in [0.1, 0.15) is 0 Å². The lowest BCUT2D eigenvalue weighted by molar-refractivity contribution is -0.137. The van der Waals surface area contributed by atoms with Gasteiger partial charge >= 0.3 is 6.18 Å². The second-order valence-corrected chi connectivity index (χ2v) is 5.50. The fourth-order valence-electron chi connectivity index (χ4n) is 2.25. The molecule has 0 heterocycles. The summed E-state index contributed by atoms with van der Waals surface area (Å²) in [7, 11) is 4.71. The van der Waals surface area contributed by atoms with Crippen LogP contribution >= 0.6 is 0 Å². The predicted molar refractivity (Wildman–Crippen MR) is 103 cm³/mol. The van der Waals surface area contributed by atoms with Gasteiger partial charge in [0.05, 0.1) is 26.3 Å². The predicted octanol–water partition coefficient (Wildman–Crippen LogP) is 3.76. The van der Waals surface area contributed by atoms with E-state index in [4.69, 9.17) is 9.47 Å². The Morgan fingerprint density at radius 3 is 2.29 bits per heavy atom. The Balaban J connectivity index is 1.94. The number of anilines is 1. The van der Waals surface area contributed by atoms with Gasteiger partial charge in [0.25, 0.3) is 0 Å². The first-order valence-corrected chi connectivity index (χ1v) is 8.23. The average Bonchev–Trinajstić information content (AvgIpc) is 2.69. The van der Waals surface area contributed by atoms with Crippen molar-refractivity contribution in [3.05, 3.63) is 53.6 Å². The SMILES string of the molecule is CN=C(NCC#Cc1ccc(C(F)(F)F)cc1)Nc1ccc(OC)c(OC)c1. The molecule has 5 nitrogen and oxygen atoms in total. The van der Waals surface area contributed by atoms with Crippen LogP contribution in [0.15, 0.2) is 47.5 Å². The van der Waals surface area contributed by atoms with E-state index < -0.39 is 11.7 Å². The standard InChI is InChI=1S/C20H20F3N3O2/c1-24-19(26-16-10-11-17(27-2)18(13-16)28-3)25-12-4-5-14-6-8-15(9-7-14)20(21,22)23/h6-11,13H,12H2,1-3H3,(H2,24,25,26). The number of hydrogen-bond donors (Lipinski definition) is 2. The van der Waals surface area contributed by atoms with Crippen molar-refractivity contribution in [1.82, 2.24) is 5.32 Å². The molecule has 2 aromatic carbocycles. The van der Waals surface area contributed by atoms with Crippen LogP contribution < -0.4 is 20.1 Å². The van der Waals surface area contributed by atoms with Gasteiger partial charge in [-0.1, -0.05) is 11.8 Å². The Hall–Kier alpha value is -3.34. The Kier molecular flexibility index (Phi) is 7.15. The second-order valence-electron chi connectivity index (χ2n) is 5.50. The van der Waals surface area contributed by atoms with Gasteiger partial charge in [0.15, 0.2) is 17.5 Å². The van der Waals surface area contributed by atoms with E-state index in [2.05, 4.69) is 27.5 Å². The lowest BCUT2D eigenvalue weighted by atomic mass is 10.1. The van der Waals surface area contributed by atoms with Gasteiger partial charge < -0.3 is 20.1 Å². The molecule has 0 aliphatic heterocycles. The molecule has 0 aromatic heterocycles. The summed E-state index contributed by atoms with van der Waals surface area (Å²) >= 11 is 0. The Bertz CT molecular complexity index is 882. The highest BCUT2D eigenvalue weighted by Crippen LogP contribution is 2.30. The first-order chi connectivity index (χ1) is 13.4. The van der Waals surface area contributed by atoms with Crippen molar-refractivity contribution in [3.63, 3.8) is 0 Å². The fourth-order valence-corrected chi connectivity index (χ4v) is 2.25. The molecule has 0 atom stereocenters. The van der Waals surface area contributed by atoms with Gasteiger partial charge in [-0.15, -0.1) is 0 Å². The topological polar surface area (TPSA) is 54.9 Å². The number of methoxy groups -OCH3 is 2. The first kappa shape index (κ1) is 21.0. The molecule has 2 aromatic rings. The molecule has 0 spiro atoms. The molecule has 0 saturated heterocycles. The van der Waals surface area contributed by atoms with E-state index >= 15 is 0 Å². The smallest absolute Gasteiger partial charge is 0.416 e. The number of hydrogen-bond acceptors (Lipinski definition) is 3. The minimum atomic E-state index is -4.35. The van der Waals surface area contributed by atoms with Crippen LogP contribution in [0.25, 0.3) is 0 Å². The minimum Gasteiger partial charge on any atom is -0.493 e. The van der Waals surface area contributed by atoms with Gasteiger partial charge in [-0.3, -0.25) is 4.99 Å². The van der Waals surface area contributed by atoms with Crippen molar-refractivity contribution < 1.29 is 22.6 Å². The van der Waals surface area contributed by atoms with Gasteiger partial charge in [0.2, 0.25) is 0 Å². The third kappa shape index (κ3) is 5.84. The largest absolute Gasteiger partial charge is 0.493 e. The van der Waals surface area contributed by atoms with E-state index in [0.29, 0.717) is 23.0 Å². The number of benzene rings is 2. The zero-order valence-electron chi connectivity index (χ0n) is 15.6. The molecule has 0 bridgehead atoms. The molecule has 8 heteroatoms. The summed E-state index contributed by atoms with van der Waals surface area (Å²) in [6.07, 6.45) is -4.35. The van der Waals surface area contributed by atoms with Crippen LogP contribution in [0.3, 0.4) is 0 Å². The van der Waals surface area contributed by atoms with Crippen LogP contribution in [0.1, 0.15) is 11.1 Å². The average molecular weight is 391 g/mol. The lowest BCUT2D eigenvalue weighted by Gasteiger charge is -2.13. The number of ether oxygens (including phenoxy) is 2. The summed E-state index contributed by atoms with van der Waals surface area (Å²) in [5, 5.41) is 6.09. The van der Waals surface area contributed by atoms with Crippen molar-refractivity contribution in [2.24, 2.45) is 4.99 Å². The number of nitrogens with one attached hydrogen (secondary N) is 2. The summed E-state index contributed by atoms with van der Waals surface area (Å²) in [5.41, 5.74) is 0.537. The van der Waals surface area contributed by atoms with E-state index in [0.717, 1.165) is 17.8 Å². The van der Waals surface area contributed by atoms with Crippen LogP contribution in [-0.4, -0.2) is 33.8 Å². The van der Waals surface area contributed by atoms with Crippen molar-refractivity contribution in [2.75, 3.05) is 33.1 Å². The van der Waals surface area contributed by atoms with Gasteiger partial charge in [0, 0.05) is 24.4 Å². The molecule has 148 valence electrons. The van der Waals surface area contributed by atoms with Crippen LogP contribution in [0.5, 0.6) is 11.5 Å². The quantitative estimate of drug-likeness (QED) is 0.473. The zero-order chi connectivity index (χ0) is 20.6. The van der Waals surface area contributed by atoms with E-state index in [9.17, 15) is 13.2 Å². The summed E-state index contributed by atoms with van der Waals surface area (Å²) in [6.45, 7) is 0.258. The molecule has 0 aliphatic carbocycles. The van der Waals surface area contributed by atoms with E-state index in [1.807, 2.05) is 6.07 Å². The number of halogens is 3. The highest BCUT2D eigenvalue weighted by Gasteiger charge is 2.29. The van der Waals surface area contributed by atoms with E-state index in [1.54, 1.807) is 33.4 Å². The summed E-state index contributed by atoms with van der Waals surface area (Å²) in [4.78, 5) is 4.09. The van der Waals surface area contributed by atoms with Crippen molar-refractivity contribution in [3.8, 4) is 23.3 Å². The maximum atomic E-state index is 12.5. The Morgan fingerprint density at radius 2 is 1.71 bits per heavy atom. The normalized spacial score (nSPS) is 11.3. The highest BCUT2D eigenvalue weighted by molar-refractivity contribution is 5.94.